The number of rotatable bonds is 21. The predicted molar refractivity (Wildman–Crippen MR) is 201 cm³/mol. The fourth-order valence-corrected chi connectivity index (χ4v) is 7.66. The molecule has 1 fully saturated rings. The van der Waals surface area contributed by atoms with Gasteiger partial charge >= 0.3 is 0 Å². The second-order valence-electron chi connectivity index (χ2n) is 15.5. The number of aliphatic hydroxyl groups excluding tert-OH is 1. The predicted octanol–water partition coefficient (Wildman–Crippen LogP) is 4.62. The van der Waals surface area contributed by atoms with Crippen LogP contribution in [0.3, 0.4) is 0 Å². The molecule has 0 aliphatic carbocycles. The first-order chi connectivity index (χ1) is 24.0. The van der Waals surface area contributed by atoms with Crippen LogP contribution in [0.15, 0.2) is 30.3 Å². The number of hydrogen-bond acceptors (Lipinski definition) is 8. The Labute approximate surface area is 307 Å². The number of carbonyl (C=O) groups is 4. The van der Waals surface area contributed by atoms with Crippen molar-refractivity contribution in [1.82, 2.24) is 20.4 Å². The molecule has 1 unspecified atom stereocenters. The summed E-state index contributed by atoms with van der Waals surface area (Å²) >= 11 is 0. The lowest BCUT2D eigenvalue weighted by atomic mass is 9.84. The lowest BCUT2D eigenvalue weighted by Crippen LogP contribution is -2.54. The van der Waals surface area contributed by atoms with Gasteiger partial charge in [0.25, 0.3) is 0 Å². The topological polar surface area (TPSA) is 138 Å². The van der Waals surface area contributed by atoms with Crippen molar-refractivity contribution >= 4 is 23.5 Å². The second kappa shape index (κ2) is 21.0. The lowest BCUT2D eigenvalue weighted by Gasteiger charge is -2.37. The Morgan fingerprint density at radius 3 is 2.04 bits per heavy atom. The maximum atomic E-state index is 14.0. The van der Waals surface area contributed by atoms with Crippen LogP contribution in [0.1, 0.15) is 99.2 Å². The molecule has 51 heavy (non-hydrogen) atoms. The fraction of sp³-hybridized carbons (Fsp3) is 0.750. The van der Waals surface area contributed by atoms with Crippen molar-refractivity contribution < 1.29 is 33.8 Å². The van der Waals surface area contributed by atoms with Crippen molar-refractivity contribution in [3.63, 3.8) is 0 Å². The van der Waals surface area contributed by atoms with Gasteiger partial charge in [-0.25, -0.2) is 0 Å². The summed E-state index contributed by atoms with van der Waals surface area (Å²) in [6, 6.07) is 7.60. The number of nitrogens with one attached hydrogen (secondary N) is 2. The number of aliphatic hydroxyl groups is 1. The van der Waals surface area contributed by atoms with Crippen LogP contribution in [0, 0.1) is 29.6 Å². The molecule has 1 saturated heterocycles. The van der Waals surface area contributed by atoms with Crippen molar-refractivity contribution in [3.8, 4) is 0 Å². The molecule has 0 spiro atoms. The van der Waals surface area contributed by atoms with Gasteiger partial charge in [0.15, 0.2) is 5.78 Å². The number of amides is 3. The summed E-state index contributed by atoms with van der Waals surface area (Å²) < 4.78 is 11.8. The maximum absolute atomic E-state index is 14.0. The number of hydrogen-bond donors (Lipinski definition) is 3. The van der Waals surface area contributed by atoms with Crippen LogP contribution >= 0.6 is 0 Å². The van der Waals surface area contributed by atoms with Crippen molar-refractivity contribution in [2.24, 2.45) is 29.6 Å². The number of Topliss-reactive ketones (excluding diaryl/α,β-unsaturated/α-hetero) is 1. The van der Waals surface area contributed by atoms with Crippen LogP contribution in [-0.2, 0) is 28.7 Å². The highest BCUT2D eigenvalue weighted by atomic mass is 16.5. The number of methoxy groups -OCH3 is 2. The average Bonchev–Trinajstić information content (AvgIpc) is 3.57. The van der Waals surface area contributed by atoms with Gasteiger partial charge in [0, 0.05) is 33.1 Å². The quantitative estimate of drug-likeness (QED) is 0.168. The molecule has 1 aromatic carbocycles. The van der Waals surface area contributed by atoms with E-state index in [1.807, 2.05) is 90.9 Å². The van der Waals surface area contributed by atoms with Crippen LogP contribution in [-0.4, -0.2) is 110 Å². The molecule has 3 amide bonds. The maximum Gasteiger partial charge on any atom is 0.225 e. The smallest absolute Gasteiger partial charge is 0.225 e. The van der Waals surface area contributed by atoms with Gasteiger partial charge in [-0.15, -0.1) is 0 Å². The molecule has 1 aliphatic heterocycles. The van der Waals surface area contributed by atoms with E-state index in [2.05, 4.69) is 10.6 Å². The molecule has 3 N–H and O–H groups in total. The molecule has 1 aromatic rings. The molecule has 0 bridgehead atoms. The van der Waals surface area contributed by atoms with Gasteiger partial charge in [0.05, 0.1) is 54.8 Å². The first-order valence-electron chi connectivity index (χ1n) is 18.9. The van der Waals surface area contributed by atoms with Gasteiger partial charge in [0.1, 0.15) is 0 Å². The highest BCUT2D eigenvalue weighted by Gasteiger charge is 2.42. The third-order valence-corrected chi connectivity index (χ3v) is 10.9. The zero-order chi connectivity index (χ0) is 38.6. The van der Waals surface area contributed by atoms with Gasteiger partial charge in [-0.05, 0) is 57.2 Å². The molecule has 1 aliphatic rings. The Hall–Kier alpha value is -2.86. The number of likely N-dealkylation sites (N-methyl/N-ethyl adjacent to an activating group) is 1. The molecule has 2 rings (SSSR count). The molecule has 0 radical (unpaired) electrons. The number of ether oxygens (including phenoxy) is 2. The van der Waals surface area contributed by atoms with Crippen LogP contribution < -0.4 is 10.6 Å². The van der Waals surface area contributed by atoms with Gasteiger partial charge in [-0.1, -0.05) is 85.2 Å². The minimum atomic E-state index is -0.871. The zero-order valence-corrected chi connectivity index (χ0v) is 33.3. The number of likely N-dealkylation sites (tertiary alicyclic amines) is 1. The fourth-order valence-electron chi connectivity index (χ4n) is 7.66. The third kappa shape index (κ3) is 12.1. The molecule has 290 valence electrons. The molecule has 11 heteroatoms. The van der Waals surface area contributed by atoms with Crippen LogP contribution in [0.5, 0.6) is 0 Å². The van der Waals surface area contributed by atoms with Crippen molar-refractivity contribution in [2.75, 3.05) is 34.9 Å². The van der Waals surface area contributed by atoms with E-state index < -0.39 is 42.2 Å². The summed E-state index contributed by atoms with van der Waals surface area (Å²) in [4.78, 5) is 58.5. The second-order valence-corrected chi connectivity index (χ2v) is 15.5. The van der Waals surface area contributed by atoms with Crippen molar-refractivity contribution in [1.29, 1.82) is 0 Å². The van der Waals surface area contributed by atoms with Crippen LogP contribution in [0.25, 0.3) is 0 Å². The number of ketones is 1. The van der Waals surface area contributed by atoms with E-state index in [0.29, 0.717) is 18.5 Å². The Balaban J connectivity index is 2.20. The van der Waals surface area contributed by atoms with Crippen LogP contribution in [0.2, 0.25) is 0 Å². The first-order valence-corrected chi connectivity index (χ1v) is 18.9. The Morgan fingerprint density at radius 1 is 0.902 bits per heavy atom. The molecule has 11 nitrogen and oxygen atoms in total. The molecule has 10 atom stereocenters. The first kappa shape index (κ1) is 44.3. The summed E-state index contributed by atoms with van der Waals surface area (Å²) in [6.07, 6.45) is 0.344. The molecular weight excluding hydrogens is 648 g/mol. The van der Waals surface area contributed by atoms with Gasteiger partial charge in [-0.3, -0.25) is 24.1 Å². The SMILES string of the molecule is CCC(C)[C@@H](NC(=O)[C@H](CC(=O)[C@@H](C(C)C)N(C)C)C(C)C)[C@@H](CC(=O)N1CCC[C@H]1[C@H](OC)[C@@H](C)C(=O)N[C@H](C)[C@@H](O)c1ccccc1)OC. The molecule has 1 heterocycles. The summed E-state index contributed by atoms with van der Waals surface area (Å²) in [6.45, 7) is 16.1. The average molecular weight is 717 g/mol. The molecule has 0 aromatic heterocycles. The number of nitrogens with zero attached hydrogens (tertiary/aromatic N) is 2. The summed E-state index contributed by atoms with van der Waals surface area (Å²) in [5.74, 6) is -1.62. The largest absolute Gasteiger partial charge is 0.386 e. The Bertz CT molecular complexity index is 1230. The Kier molecular flexibility index (Phi) is 18.2. The highest BCUT2D eigenvalue weighted by Crippen LogP contribution is 2.29. The monoisotopic (exact) mass is 717 g/mol. The van der Waals surface area contributed by atoms with Crippen molar-refractivity contribution in [2.45, 2.75) is 130 Å². The summed E-state index contributed by atoms with van der Waals surface area (Å²) in [5, 5.41) is 17.0. The number of benzene rings is 1. The van der Waals surface area contributed by atoms with Crippen LogP contribution in [0.4, 0.5) is 0 Å². The van der Waals surface area contributed by atoms with Crippen molar-refractivity contribution in [3.05, 3.63) is 35.9 Å². The van der Waals surface area contributed by atoms with E-state index in [-0.39, 0.29) is 66.2 Å². The van der Waals surface area contributed by atoms with E-state index in [9.17, 15) is 24.3 Å². The van der Waals surface area contributed by atoms with E-state index >= 15 is 0 Å². The summed E-state index contributed by atoms with van der Waals surface area (Å²) in [7, 11) is 6.90. The minimum absolute atomic E-state index is 0.00144. The highest BCUT2D eigenvalue weighted by molar-refractivity contribution is 5.90. The normalized spacial score (nSPS) is 20.3. The molecule has 0 saturated carbocycles. The lowest BCUT2D eigenvalue weighted by molar-refractivity contribution is -0.143. The van der Waals surface area contributed by atoms with E-state index in [1.165, 1.54) is 0 Å². The Morgan fingerprint density at radius 2 is 1.53 bits per heavy atom. The zero-order valence-electron chi connectivity index (χ0n) is 33.3. The van der Waals surface area contributed by atoms with Gasteiger partial charge < -0.3 is 30.1 Å². The van der Waals surface area contributed by atoms with E-state index in [1.54, 1.807) is 33.0 Å². The minimum Gasteiger partial charge on any atom is -0.386 e. The van der Waals surface area contributed by atoms with Gasteiger partial charge in [0.2, 0.25) is 17.7 Å². The van der Waals surface area contributed by atoms with Gasteiger partial charge in [-0.2, -0.15) is 0 Å². The standard InChI is InChI=1S/C40H68N4O7/c1-13-26(6)35(42-40(49)30(24(2)3)22-32(45)36(25(4)5)43(9)10)33(50-11)23-34(46)44-21-17-20-31(44)38(51-12)27(7)39(48)41-28(8)37(47)29-18-15-14-16-19-29/h14-16,18-19,24-28,30-31,33,35-38,47H,13,17,20-23H2,1-12H3,(H,41,48)(H,42,49)/t26?,27-,28-,30-,31+,33-,35-,36-,37-,38-/m1/s1. The van der Waals surface area contributed by atoms with E-state index in [4.69, 9.17) is 9.47 Å². The summed E-state index contributed by atoms with van der Waals surface area (Å²) in [5.41, 5.74) is 0.714. The van der Waals surface area contributed by atoms with E-state index in [0.717, 1.165) is 12.8 Å². The molecular formula is C40H68N4O7. The third-order valence-electron chi connectivity index (χ3n) is 10.9. The number of carbonyl (C=O) groups excluding carboxylic acids is 4.